The molecule has 3 rings (SSSR count). The lowest BCUT2D eigenvalue weighted by atomic mass is 10.1. The van der Waals surface area contributed by atoms with Crippen LogP contribution in [0.15, 0.2) is 45.6 Å². The van der Waals surface area contributed by atoms with Gasteiger partial charge in [0.25, 0.3) is 5.91 Å². The summed E-state index contributed by atoms with van der Waals surface area (Å²) in [5.41, 5.74) is 7.88. The Bertz CT molecular complexity index is 926. The van der Waals surface area contributed by atoms with E-state index < -0.39 is 0 Å². The smallest absolute Gasteiger partial charge is 0.286 e. The SMILES string of the molecule is Cc1ccc2c(CC(=O)NNC(=O)c3cc(Br)cn3C)coc2c1. The molecule has 0 aliphatic heterocycles. The number of halogens is 1. The number of hydrogen-bond donors (Lipinski definition) is 2. The number of rotatable bonds is 3. The Morgan fingerprint density at radius 1 is 1.25 bits per heavy atom. The Balaban J connectivity index is 1.63. The zero-order valence-electron chi connectivity index (χ0n) is 13.2. The summed E-state index contributed by atoms with van der Waals surface area (Å²) in [5, 5.41) is 0.897. The number of hydrazine groups is 1. The fraction of sp³-hybridized carbons (Fsp3) is 0.176. The molecule has 3 aromatic rings. The molecule has 0 fully saturated rings. The van der Waals surface area contributed by atoms with E-state index in [1.54, 1.807) is 30.1 Å². The molecule has 0 bridgehead atoms. The molecular weight excluding hydrogens is 374 g/mol. The van der Waals surface area contributed by atoms with Crippen molar-refractivity contribution >= 4 is 38.7 Å². The van der Waals surface area contributed by atoms with Crippen LogP contribution in [-0.4, -0.2) is 16.4 Å². The van der Waals surface area contributed by atoms with E-state index in [4.69, 9.17) is 4.42 Å². The van der Waals surface area contributed by atoms with Crippen LogP contribution in [0.4, 0.5) is 0 Å². The van der Waals surface area contributed by atoms with Gasteiger partial charge < -0.3 is 8.98 Å². The van der Waals surface area contributed by atoms with Gasteiger partial charge in [-0.25, -0.2) is 0 Å². The minimum absolute atomic E-state index is 0.118. The van der Waals surface area contributed by atoms with Gasteiger partial charge in [0.1, 0.15) is 11.3 Å². The van der Waals surface area contributed by atoms with Gasteiger partial charge in [-0.2, -0.15) is 0 Å². The van der Waals surface area contributed by atoms with Crippen molar-refractivity contribution in [2.24, 2.45) is 7.05 Å². The second-order valence-corrected chi connectivity index (χ2v) is 6.51. The third-order valence-corrected chi connectivity index (χ3v) is 4.12. The van der Waals surface area contributed by atoms with Gasteiger partial charge in [0.2, 0.25) is 5.91 Å². The molecule has 0 aliphatic carbocycles. The summed E-state index contributed by atoms with van der Waals surface area (Å²) >= 11 is 3.30. The minimum Gasteiger partial charge on any atom is -0.464 e. The van der Waals surface area contributed by atoms with Crippen molar-refractivity contribution in [1.82, 2.24) is 15.4 Å². The summed E-state index contributed by atoms with van der Waals surface area (Å²) in [6, 6.07) is 7.49. The number of aromatic nitrogens is 1. The molecule has 2 aromatic heterocycles. The van der Waals surface area contributed by atoms with E-state index in [-0.39, 0.29) is 18.2 Å². The Morgan fingerprint density at radius 2 is 2.04 bits per heavy atom. The number of carbonyl (C=O) groups excluding carboxylic acids is 2. The molecule has 0 unspecified atom stereocenters. The second kappa shape index (κ2) is 6.52. The van der Waals surface area contributed by atoms with E-state index in [0.717, 1.165) is 26.6 Å². The zero-order valence-corrected chi connectivity index (χ0v) is 14.8. The van der Waals surface area contributed by atoms with Crippen molar-refractivity contribution in [2.75, 3.05) is 0 Å². The van der Waals surface area contributed by atoms with Crippen molar-refractivity contribution in [3.05, 3.63) is 58.0 Å². The van der Waals surface area contributed by atoms with E-state index in [1.165, 1.54) is 0 Å². The maximum Gasteiger partial charge on any atom is 0.286 e. The van der Waals surface area contributed by atoms with Gasteiger partial charge in [0.15, 0.2) is 0 Å². The van der Waals surface area contributed by atoms with Crippen LogP contribution in [0.5, 0.6) is 0 Å². The lowest BCUT2D eigenvalue weighted by Crippen LogP contribution is -2.42. The molecule has 6 nitrogen and oxygen atoms in total. The first-order valence-electron chi connectivity index (χ1n) is 7.32. The number of fused-ring (bicyclic) bond motifs is 1. The van der Waals surface area contributed by atoms with Crippen LogP contribution in [0.25, 0.3) is 11.0 Å². The summed E-state index contributed by atoms with van der Waals surface area (Å²) in [6.07, 6.45) is 3.45. The summed E-state index contributed by atoms with van der Waals surface area (Å²) in [6.45, 7) is 1.98. The summed E-state index contributed by atoms with van der Waals surface area (Å²) in [4.78, 5) is 24.1. The highest BCUT2D eigenvalue weighted by Gasteiger charge is 2.14. The highest BCUT2D eigenvalue weighted by molar-refractivity contribution is 9.10. The lowest BCUT2D eigenvalue weighted by Gasteiger charge is -2.07. The molecule has 0 radical (unpaired) electrons. The van der Waals surface area contributed by atoms with Crippen LogP contribution in [-0.2, 0) is 18.3 Å². The maximum absolute atomic E-state index is 12.1. The first-order chi connectivity index (χ1) is 11.4. The molecule has 2 heterocycles. The van der Waals surface area contributed by atoms with Crippen LogP contribution in [0.2, 0.25) is 0 Å². The van der Waals surface area contributed by atoms with Gasteiger partial charge in [-0.05, 0) is 40.5 Å². The molecule has 7 heteroatoms. The molecule has 2 N–H and O–H groups in total. The monoisotopic (exact) mass is 389 g/mol. The van der Waals surface area contributed by atoms with Gasteiger partial charge in [0.05, 0.1) is 12.7 Å². The van der Waals surface area contributed by atoms with Gasteiger partial charge in [0, 0.05) is 28.7 Å². The van der Waals surface area contributed by atoms with E-state index in [0.29, 0.717) is 5.69 Å². The number of furan rings is 1. The zero-order chi connectivity index (χ0) is 17.3. The first-order valence-corrected chi connectivity index (χ1v) is 8.11. The highest BCUT2D eigenvalue weighted by atomic mass is 79.9. The highest BCUT2D eigenvalue weighted by Crippen LogP contribution is 2.22. The second-order valence-electron chi connectivity index (χ2n) is 5.59. The first kappa shape index (κ1) is 16.3. The standard InChI is InChI=1S/C17H16BrN3O3/c1-10-3-4-13-11(9-24-15(13)5-10)6-16(22)19-20-17(23)14-7-12(18)8-21(14)2/h3-5,7-9H,6H2,1-2H3,(H,19,22)(H,20,23). The Labute approximate surface area is 146 Å². The van der Waals surface area contributed by atoms with Gasteiger partial charge in [-0.1, -0.05) is 12.1 Å². The molecule has 24 heavy (non-hydrogen) atoms. The Hall–Kier alpha value is -2.54. The van der Waals surface area contributed by atoms with E-state index in [2.05, 4.69) is 26.8 Å². The van der Waals surface area contributed by atoms with Gasteiger partial charge >= 0.3 is 0 Å². The van der Waals surface area contributed by atoms with Crippen molar-refractivity contribution < 1.29 is 14.0 Å². The van der Waals surface area contributed by atoms with Crippen molar-refractivity contribution in [2.45, 2.75) is 13.3 Å². The van der Waals surface area contributed by atoms with Crippen molar-refractivity contribution in [3.63, 3.8) is 0 Å². The number of aryl methyl sites for hydroxylation is 2. The molecule has 2 amide bonds. The molecule has 124 valence electrons. The average molecular weight is 390 g/mol. The van der Waals surface area contributed by atoms with E-state index >= 15 is 0 Å². The number of benzene rings is 1. The minimum atomic E-state index is -0.385. The molecule has 0 aliphatic rings. The number of amides is 2. The summed E-state index contributed by atoms with van der Waals surface area (Å²) in [5.74, 6) is -0.705. The maximum atomic E-state index is 12.1. The van der Waals surface area contributed by atoms with Crippen LogP contribution in [0.1, 0.15) is 21.6 Å². The third-order valence-electron chi connectivity index (χ3n) is 3.68. The topological polar surface area (TPSA) is 76.3 Å². The molecule has 0 spiro atoms. The average Bonchev–Trinajstić information content (AvgIpc) is 3.07. The van der Waals surface area contributed by atoms with Crippen molar-refractivity contribution in [1.29, 1.82) is 0 Å². The van der Waals surface area contributed by atoms with E-state index in [9.17, 15) is 9.59 Å². The van der Waals surface area contributed by atoms with Crippen LogP contribution in [0, 0.1) is 6.92 Å². The summed E-state index contributed by atoms with van der Waals surface area (Å²) < 4.78 is 7.93. The Morgan fingerprint density at radius 3 is 2.75 bits per heavy atom. The van der Waals surface area contributed by atoms with Crippen molar-refractivity contribution in [3.8, 4) is 0 Å². The summed E-state index contributed by atoms with van der Waals surface area (Å²) in [7, 11) is 1.75. The van der Waals surface area contributed by atoms with Crippen LogP contribution in [0.3, 0.4) is 0 Å². The molecule has 1 aromatic carbocycles. The molecular formula is C17H16BrN3O3. The predicted molar refractivity (Wildman–Crippen MR) is 93.4 cm³/mol. The number of nitrogens with one attached hydrogen (secondary N) is 2. The molecule has 0 saturated carbocycles. The third kappa shape index (κ3) is 3.35. The lowest BCUT2D eigenvalue weighted by molar-refractivity contribution is -0.121. The quantitative estimate of drug-likeness (QED) is 0.676. The van der Waals surface area contributed by atoms with E-state index in [1.807, 2.05) is 25.1 Å². The normalized spacial score (nSPS) is 10.8. The van der Waals surface area contributed by atoms with Gasteiger partial charge in [-0.15, -0.1) is 0 Å². The largest absolute Gasteiger partial charge is 0.464 e. The number of hydrogen-bond acceptors (Lipinski definition) is 3. The Kier molecular flexibility index (Phi) is 4.44. The predicted octanol–water partition coefficient (Wildman–Crippen LogP) is 2.85. The fourth-order valence-corrected chi connectivity index (χ4v) is 3.01. The molecule has 0 saturated heterocycles. The fourth-order valence-electron chi connectivity index (χ4n) is 2.48. The van der Waals surface area contributed by atoms with Crippen LogP contribution >= 0.6 is 15.9 Å². The van der Waals surface area contributed by atoms with Crippen LogP contribution < -0.4 is 10.9 Å². The number of nitrogens with zero attached hydrogens (tertiary/aromatic N) is 1. The van der Waals surface area contributed by atoms with Gasteiger partial charge in [-0.3, -0.25) is 20.4 Å². The molecule has 0 atom stereocenters. The number of carbonyl (C=O) groups is 2.